The van der Waals surface area contributed by atoms with E-state index in [-0.39, 0.29) is 17.8 Å². The molecule has 0 aliphatic carbocycles. The first-order valence-electron chi connectivity index (χ1n) is 9.89. The minimum Gasteiger partial charge on any atom is -0.489 e. The number of carbonyl (C=O) groups excluding carboxylic acids is 1. The van der Waals surface area contributed by atoms with Gasteiger partial charge in [-0.1, -0.05) is 11.6 Å². The lowest BCUT2D eigenvalue weighted by Gasteiger charge is -2.26. The van der Waals surface area contributed by atoms with Crippen molar-refractivity contribution in [3.8, 4) is 16.9 Å². The molecule has 0 spiro atoms. The van der Waals surface area contributed by atoms with E-state index in [0.29, 0.717) is 10.6 Å². The number of carboxylic acid groups (broad SMARTS) is 1. The van der Waals surface area contributed by atoms with Gasteiger partial charge in [-0.3, -0.25) is 4.79 Å². The lowest BCUT2D eigenvalue weighted by atomic mass is 10.0. The highest BCUT2D eigenvalue weighted by Gasteiger charge is 2.38. The molecule has 12 heteroatoms. The fraction of sp³-hybridized carbons (Fsp3) is 0.381. The zero-order valence-electron chi connectivity index (χ0n) is 17.9. The van der Waals surface area contributed by atoms with Crippen LogP contribution in [-0.2, 0) is 4.79 Å². The minimum absolute atomic E-state index is 0.148. The van der Waals surface area contributed by atoms with E-state index in [9.17, 15) is 18.0 Å². The third-order valence-corrected chi connectivity index (χ3v) is 4.97. The number of halogens is 4. The van der Waals surface area contributed by atoms with Gasteiger partial charge in [-0.25, -0.2) is 9.78 Å². The maximum Gasteiger partial charge on any atom is 0.490 e. The van der Waals surface area contributed by atoms with Crippen LogP contribution in [0.4, 0.5) is 19.0 Å². The van der Waals surface area contributed by atoms with E-state index in [0.717, 1.165) is 48.4 Å². The summed E-state index contributed by atoms with van der Waals surface area (Å²) in [5, 5.41) is 13.6. The summed E-state index contributed by atoms with van der Waals surface area (Å²) in [7, 11) is 1.56. The highest BCUT2D eigenvalue weighted by molar-refractivity contribution is 6.31. The number of aryl methyl sites for hydroxylation is 1. The summed E-state index contributed by atoms with van der Waals surface area (Å²) in [6, 6.07) is 5.44. The molecule has 1 aliphatic heterocycles. The first-order valence-corrected chi connectivity index (χ1v) is 10.3. The molecule has 180 valence electrons. The Hall–Kier alpha value is -3.05. The average Bonchev–Trinajstić information content (AvgIpc) is 2.76. The minimum atomic E-state index is -5.08. The van der Waals surface area contributed by atoms with E-state index < -0.39 is 12.1 Å². The number of anilines is 1. The first-order chi connectivity index (χ1) is 15.4. The van der Waals surface area contributed by atoms with Crippen LogP contribution in [0.5, 0.6) is 5.75 Å². The van der Waals surface area contributed by atoms with Gasteiger partial charge in [0.05, 0.1) is 5.56 Å². The number of amides is 1. The molecule has 1 aliphatic rings. The van der Waals surface area contributed by atoms with Crippen molar-refractivity contribution in [1.82, 2.24) is 15.6 Å². The molecule has 1 aromatic carbocycles. The standard InChI is InChI=1S/C19H23ClN4O2.C2HF3O2/c1-11-7-13(20)9-15(17(11)26-14-3-5-23-6-4-14)12-8-16(19(25)22-2)18(21)24-10-12;3-2(4,5)1(6)7/h7-10,14,23H,3-6H2,1-2H3,(H2,21,24)(H,22,25);(H,6,7). The van der Waals surface area contributed by atoms with Gasteiger partial charge in [-0.15, -0.1) is 0 Å². The summed E-state index contributed by atoms with van der Waals surface area (Å²) in [6.45, 7) is 3.85. The number of hydrogen-bond acceptors (Lipinski definition) is 6. The summed E-state index contributed by atoms with van der Waals surface area (Å²) in [5.41, 5.74) is 8.69. The summed E-state index contributed by atoms with van der Waals surface area (Å²) < 4.78 is 38.1. The summed E-state index contributed by atoms with van der Waals surface area (Å²) in [5.74, 6) is -2.08. The van der Waals surface area contributed by atoms with Crippen LogP contribution in [-0.4, -0.2) is 54.4 Å². The van der Waals surface area contributed by atoms with Crippen LogP contribution in [0.15, 0.2) is 24.4 Å². The number of hydrogen-bond donors (Lipinski definition) is 4. The molecule has 1 saturated heterocycles. The van der Waals surface area contributed by atoms with Gasteiger partial charge in [-0.2, -0.15) is 13.2 Å². The number of aromatic nitrogens is 1. The van der Waals surface area contributed by atoms with Gasteiger partial charge in [0.1, 0.15) is 17.7 Å². The predicted octanol–water partition coefficient (Wildman–Crippen LogP) is 3.42. The zero-order chi connectivity index (χ0) is 24.8. The molecule has 5 N–H and O–H groups in total. The largest absolute Gasteiger partial charge is 0.490 e. The maximum absolute atomic E-state index is 12.1. The normalized spacial score (nSPS) is 14.1. The third-order valence-electron chi connectivity index (χ3n) is 4.75. The van der Waals surface area contributed by atoms with Crippen molar-refractivity contribution in [1.29, 1.82) is 0 Å². The Morgan fingerprint density at radius 2 is 1.88 bits per heavy atom. The Labute approximate surface area is 193 Å². The molecular weight excluding hydrogens is 465 g/mol. The lowest BCUT2D eigenvalue weighted by Crippen LogP contribution is -2.34. The molecule has 2 heterocycles. The maximum atomic E-state index is 12.1. The molecule has 2 aromatic rings. The highest BCUT2D eigenvalue weighted by atomic mass is 35.5. The number of nitrogens with one attached hydrogen (secondary N) is 2. The quantitative estimate of drug-likeness (QED) is 0.519. The van der Waals surface area contributed by atoms with Crippen molar-refractivity contribution >= 4 is 29.3 Å². The molecule has 8 nitrogen and oxygen atoms in total. The molecule has 1 fully saturated rings. The Morgan fingerprint density at radius 1 is 1.27 bits per heavy atom. The number of piperidine rings is 1. The van der Waals surface area contributed by atoms with Crippen molar-refractivity contribution in [2.45, 2.75) is 32.0 Å². The Bertz CT molecular complexity index is 1010. The van der Waals surface area contributed by atoms with Crippen molar-refractivity contribution in [3.63, 3.8) is 0 Å². The Kier molecular flexibility index (Phi) is 8.89. The van der Waals surface area contributed by atoms with E-state index in [1.54, 1.807) is 19.3 Å². The number of pyridine rings is 1. The number of benzene rings is 1. The third kappa shape index (κ3) is 7.22. The lowest BCUT2D eigenvalue weighted by molar-refractivity contribution is -0.192. The van der Waals surface area contributed by atoms with Crippen molar-refractivity contribution in [3.05, 3.63) is 40.5 Å². The van der Waals surface area contributed by atoms with Crippen LogP contribution in [0.1, 0.15) is 28.8 Å². The van der Waals surface area contributed by atoms with E-state index >= 15 is 0 Å². The van der Waals surface area contributed by atoms with Crippen molar-refractivity contribution < 1.29 is 32.6 Å². The second kappa shape index (κ2) is 11.2. The van der Waals surface area contributed by atoms with Crippen LogP contribution in [0.2, 0.25) is 5.02 Å². The van der Waals surface area contributed by atoms with Crippen LogP contribution < -0.4 is 21.1 Å². The molecule has 33 heavy (non-hydrogen) atoms. The number of nitrogens with two attached hydrogens (primary N) is 1. The average molecular weight is 489 g/mol. The van der Waals surface area contributed by atoms with E-state index in [1.165, 1.54) is 0 Å². The Morgan fingerprint density at radius 3 is 2.42 bits per heavy atom. The number of alkyl halides is 3. The molecular formula is C21H24ClF3N4O4. The van der Waals surface area contributed by atoms with Crippen molar-refractivity contribution in [2.24, 2.45) is 0 Å². The number of carbonyl (C=O) groups is 2. The Balaban J connectivity index is 0.000000479. The number of carboxylic acids is 1. The number of nitrogen functional groups attached to an aromatic ring is 1. The van der Waals surface area contributed by atoms with Crippen LogP contribution >= 0.6 is 11.6 Å². The van der Waals surface area contributed by atoms with Crippen molar-refractivity contribution in [2.75, 3.05) is 25.9 Å². The number of ether oxygens (including phenoxy) is 1. The summed E-state index contributed by atoms with van der Waals surface area (Å²) in [6.07, 6.45) is -1.40. The predicted molar refractivity (Wildman–Crippen MR) is 117 cm³/mol. The topological polar surface area (TPSA) is 127 Å². The molecule has 3 rings (SSSR count). The van der Waals surface area contributed by atoms with E-state index in [2.05, 4.69) is 15.6 Å². The molecule has 0 atom stereocenters. The second-order valence-electron chi connectivity index (χ2n) is 7.21. The van der Waals surface area contributed by atoms with E-state index in [1.807, 2.05) is 19.1 Å². The fourth-order valence-corrected chi connectivity index (χ4v) is 3.39. The van der Waals surface area contributed by atoms with E-state index in [4.69, 9.17) is 32.0 Å². The van der Waals surface area contributed by atoms with Crippen LogP contribution in [0.3, 0.4) is 0 Å². The summed E-state index contributed by atoms with van der Waals surface area (Å²) in [4.78, 5) is 25.1. The summed E-state index contributed by atoms with van der Waals surface area (Å²) >= 11 is 6.29. The molecule has 1 amide bonds. The molecule has 1 aromatic heterocycles. The number of aliphatic carboxylic acids is 1. The van der Waals surface area contributed by atoms with Gasteiger partial charge in [0, 0.05) is 29.4 Å². The monoisotopic (exact) mass is 488 g/mol. The fourth-order valence-electron chi connectivity index (χ4n) is 3.12. The smallest absolute Gasteiger partial charge is 0.489 e. The number of rotatable bonds is 4. The molecule has 0 unspecified atom stereocenters. The highest BCUT2D eigenvalue weighted by Crippen LogP contribution is 2.37. The molecule has 0 radical (unpaired) electrons. The van der Waals surface area contributed by atoms with Crippen LogP contribution in [0.25, 0.3) is 11.1 Å². The first kappa shape index (κ1) is 26.2. The van der Waals surface area contributed by atoms with Crippen LogP contribution in [0, 0.1) is 6.92 Å². The van der Waals surface area contributed by atoms with Gasteiger partial charge >= 0.3 is 12.1 Å². The zero-order valence-corrected chi connectivity index (χ0v) is 18.7. The SMILES string of the molecule is CNC(=O)c1cc(-c2cc(Cl)cc(C)c2OC2CCNCC2)cnc1N.O=C(O)C(F)(F)F. The second-order valence-corrected chi connectivity index (χ2v) is 7.64. The van der Waals surface area contributed by atoms with Gasteiger partial charge in [0.15, 0.2) is 0 Å². The molecule has 0 bridgehead atoms. The number of nitrogens with zero attached hydrogens (tertiary/aromatic N) is 1. The van der Waals surface area contributed by atoms with Gasteiger partial charge in [0.25, 0.3) is 5.91 Å². The molecule has 0 saturated carbocycles. The van der Waals surface area contributed by atoms with Gasteiger partial charge < -0.3 is 26.2 Å². The van der Waals surface area contributed by atoms with Gasteiger partial charge in [0.2, 0.25) is 0 Å². The van der Waals surface area contributed by atoms with Gasteiger partial charge in [-0.05, 0) is 56.6 Å².